The normalized spacial score (nSPS) is 13.4. The fourth-order valence-electron chi connectivity index (χ4n) is 10.2. The number of hydrogen-bond acceptors (Lipinski definition) is 3. The summed E-state index contributed by atoms with van der Waals surface area (Å²) in [5, 5.41) is 3.61. The molecule has 1 aromatic heterocycles. The van der Waals surface area contributed by atoms with Crippen LogP contribution in [-0.4, -0.2) is 0 Å². The Hall–Kier alpha value is -7.88. The second kappa shape index (κ2) is 15.2. The van der Waals surface area contributed by atoms with Crippen molar-refractivity contribution in [2.45, 2.75) is 32.1 Å². The van der Waals surface area contributed by atoms with Crippen molar-refractivity contribution in [3.05, 3.63) is 235 Å². The van der Waals surface area contributed by atoms with E-state index in [2.05, 4.69) is 242 Å². The lowest BCUT2D eigenvalue weighted by Gasteiger charge is -2.29. The average Bonchev–Trinajstić information content (AvgIpc) is 3.83. The molecular weight excluding hydrogens is 777 g/mol. The summed E-state index contributed by atoms with van der Waals surface area (Å²) in [4.78, 5) is 4.82. The molecule has 0 N–H and O–H groups in total. The molecule has 10 aromatic rings. The summed E-state index contributed by atoms with van der Waals surface area (Å²) >= 11 is 0. The molecule has 0 bridgehead atoms. The number of furan rings is 1. The molecule has 0 saturated heterocycles. The van der Waals surface area contributed by atoms with Gasteiger partial charge in [-0.25, -0.2) is 0 Å². The third-order valence-corrected chi connectivity index (χ3v) is 13.5. The zero-order valence-electron chi connectivity index (χ0n) is 36.0. The molecule has 0 fully saturated rings. The van der Waals surface area contributed by atoms with Crippen LogP contribution in [0.2, 0.25) is 0 Å². The van der Waals surface area contributed by atoms with E-state index in [-0.39, 0.29) is 5.41 Å². The Morgan fingerprint density at radius 3 is 1.59 bits per heavy atom. The quantitative estimate of drug-likeness (QED) is 0.152. The number of allylic oxidation sites excluding steroid dienone is 1. The predicted molar refractivity (Wildman–Crippen MR) is 269 cm³/mol. The molecule has 2 aliphatic carbocycles. The summed E-state index contributed by atoms with van der Waals surface area (Å²) in [6.07, 6.45) is 6.40. The van der Waals surface area contributed by atoms with Crippen LogP contribution in [0.3, 0.4) is 0 Å². The zero-order chi connectivity index (χ0) is 42.8. The highest BCUT2D eigenvalue weighted by molar-refractivity contribution is 6.01. The van der Waals surface area contributed by atoms with E-state index in [1.165, 1.54) is 66.2 Å². The van der Waals surface area contributed by atoms with Gasteiger partial charge in [0.05, 0.1) is 5.69 Å². The Labute approximate surface area is 374 Å². The first-order valence-corrected chi connectivity index (χ1v) is 22.4. The van der Waals surface area contributed by atoms with Gasteiger partial charge in [0.2, 0.25) is 0 Å². The van der Waals surface area contributed by atoms with Crippen molar-refractivity contribution in [1.82, 2.24) is 0 Å². The van der Waals surface area contributed by atoms with Crippen molar-refractivity contribution in [2.24, 2.45) is 0 Å². The highest BCUT2D eigenvalue weighted by Gasteiger charge is 2.37. The van der Waals surface area contributed by atoms with Crippen molar-refractivity contribution >= 4 is 61.9 Å². The third kappa shape index (κ3) is 6.35. The smallest absolute Gasteiger partial charge is 0.137 e. The zero-order valence-corrected chi connectivity index (χ0v) is 36.0. The lowest BCUT2D eigenvalue weighted by atomic mass is 9.82. The van der Waals surface area contributed by atoms with Gasteiger partial charge in [-0.05, 0) is 136 Å². The summed E-state index contributed by atoms with van der Waals surface area (Å²) in [7, 11) is 0. The number of nitrogens with zero attached hydrogens (tertiary/aromatic N) is 2. The number of hydrogen-bond donors (Lipinski definition) is 0. The Balaban J connectivity index is 0.964. The van der Waals surface area contributed by atoms with Crippen LogP contribution in [0, 0.1) is 0 Å². The molecule has 306 valence electrons. The third-order valence-electron chi connectivity index (χ3n) is 13.5. The van der Waals surface area contributed by atoms with E-state index in [9.17, 15) is 0 Å². The van der Waals surface area contributed by atoms with Gasteiger partial charge in [-0.15, -0.1) is 0 Å². The predicted octanol–water partition coefficient (Wildman–Crippen LogP) is 17.1. The van der Waals surface area contributed by atoms with Crippen molar-refractivity contribution in [1.29, 1.82) is 0 Å². The minimum atomic E-state index is -0.280. The molecule has 9 aromatic carbocycles. The lowest BCUT2D eigenvalue weighted by molar-refractivity contribution is 0.595. The van der Waals surface area contributed by atoms with E-state index in [0.717, 1.165) is 58.3 Å². The molecule has 1 heterocycles. The number of fused-ring (bicyclic) bond motifs is 7. The number of anilines is 6. The average molecular weight is 823 g/mol. The minimum absolute atomic E-state index is 0.280. The van der Waals surface area contributed by atoms with Crippen LogP contribution >= 0.6 is 0 Å². The Morgan fingerprint density at radius 2 is 0.953 bits per heavy atom. The summed E-state index contributed by atoms with van der Waals surface area (Å²) in [5.41, 5.74) is 18.6. The summed E-state index contributed by atoms with van der Waals surface area (Å²) in [6, 6.07) is 75.4. The van der Waals surface area contributed by atoms with E-state index < -0.39 is 0 Å². The van der Waals surface area contributed by atoms with E-state index in [1.807, 2.05) is 0 Å². The standard InChI is InChI=1S/C61H46N2O/c1-61(2)56-38-48(62(46-28-24-43(25-29-46)41-14-5-3-6-15-41)47-30-26-44(27-31-47)42-16-7-4-8-17-42)32-35-52(56)53-36-33-49(39-57(53)61)63(58-22-13-19-45-18-9-10-20-51(45)58)50-34-37-55-54-21-11-12-23-59(54)64-60(55)40-50/h3-10,12-20,22-40H,11,21H2,1-2H3. The van der Waals surface area contributed by atoms with Crippen LogP contribution in [0.4, 0.5) is 34.1 Å². The summed E-state index contributed by atoms with van der Waals surface area (Å²) in [5.74, 6) is 0.985. The fourth-order valence-corrected chi connectivity index (χ4v) is 10.2. The van der Waals surface area contributed by atoms with Crippen molar-refractivity contribution in [2.75, 3.05) is 9.80 Å². The molecule has 3 heteroatoms. The van der Waals surface area contributed by atoms with Gasteiger partial charge in [0.25, 0.3) is 0 Å². The van der Waals surface area contributed by atoms with Crippen LogP contribution in [0.5, 0.6) is 0 Å². The van der Waals surface area contributed by atoms with Crippen LogP contribution in [0.1, 0.15) is 42.7 Å². The van der Waals surface area contributed by atoms with Gasteiger partial charge in [-0.3, -0.25) is 0 Å². The maximum absolute atomic E-state index is 6.52. The highest BCUT2D eigenvalue weighted by atomic mass is 16.3. The van der Waals surface area contributed by atoms with Crippen LogP contribution in [-0.2, 0) is 11.8 Å². The lowest BCUT2D eigenvalue weighted by Crippen LogP contribution is -2.17. The maximum atomic E-state index is 6.52. The Morgan fingerprint density at radius 1 is 0.438 bits per heavy atom. The number of aryl methyl sites for hydroxylation is 1. The van der Waals surface area contributed by atoms with Gasteiger partial charge < -0.3 is 14.2 Å². The SMILES string of the molecule is CC1(C)c2cc(N(c3ccc(-c4ccccc4)cc3)c3ccc(-c4ccccc4)cc3)ccc2-c2ccc(N(c3ccc4c5c(oc4c3)C=CCC5)c3cccc4ccccc34)cc21. The van der Waals surface area contributed by atoms with Gasteiger partial charge in [0.15, 0.2) is 0 Å². The van der Waals surface area contributed by atoms with Crippen LogP contribution in [0.15, 0.2) is 217 Å². The number of rotatable bonds is 8. The molecule has 3 nitrogen and oxygen atoms in total. The molecule has 0 atom stereocenters. The van der Waals surface area contributed by atoms with Crippen molar-refractivity contribution in [3.63, 3.8) is 0 Å². The minimum Gasteiger partial charge on any atom is -0.456 e. The molecule has 0 amide bonds. The first-order valence-electron chi connectivity index (χ1n) is 22.4. The molecule has 2 aliphatic rings. The molecule has 0 spiro atoms. The summed E-state index contributed by atoms with van der Waals surface area (Å²) in [6.45, 7) is 4.77. The molecule has 64 heavy (non-hydrogen) atoms. The largest absolute Gasteiger partial charge is 0.456 e. The van der Waals surface area contributed by atoms with Crippen LogP contribution < -0.4 is 9.80 Å². The summed E-state index contributed by atoms with van der Waals surface area (Å²) < 4.78 is 6.52. The van der Waals surface area contributed by atoms with E-state index in [1.54, 1.807) is 0 Å². The highest BCUT2D eigenvalue weighted by Crippen LogP contribution is 2.53. The maximum Gasteiger partial charge on any atom is 0.137 e. The first-order chi connectivity index (χ1) is 31.5. The van der Waals surface area contributed by atoms with E-state index in [0.29, 0.717) is 0 Å². The van der Waals surface area contributed by atoms with Gasteiger partial charge in [-0.1, -0.05) is 153 Å². The van der Waals surface area contributed by atoms with Crippen molar-refractivity contribution in [3.8, 4) is 33.4 Å². The van der Waals surface area contributed by atoms with Crippen molar-refractivity contribution < 1.29 is 4.42 Å². The topological polar surface area (TPSA) is 19.6 Å². The molecule has 0 radical (unpaired) electrons. The van der Waals surface area contributed by atoms with E-state index in [4.69, 9.17) is 4.42 Å². The van der Waals surface area contributed by atoms with Gasteiger partial charge in [0, 0.05) is 56.3 Å². The molecule has 0 aliphatic heterocycles. The van der Waals surface area contributed by atoms with Crippen LogP contribution in [0.25, 0.3) is 61.2 Å². The van der Waals surface area contributed by atoms with Gasteiger partial charge in [0.1, 0.15) is 11.3 Å². The Bertz CT molecular complexity index is 3310. The second-order valence-electron chi connectivity index (χ2n) is 17.6. The monoisotopic (exact) mass is 822 g/mol. The molecular formula is C61H46N2O. The van der Waals surface area contributed by atoms with Gasteiger partial charge in [-0.2, -0.15) is 0 Å². The second-order valence-corrected chi connectivity index (χ2v) is 17.6. The molecule has 12 rings (SSSR count). The Kier molecular flexibility index (Phi) is 8.98. The van der Waals surface area contributed by atoms with Gasteiger partial charge >= 0.3 is 0 Å². The fraction of sp³-hybridized carbons (Fsp3) is 0.0820. The van der Waals surface area contributed by atoms with E-state index >= 15 is 0 Å². The molecule has 0 unspecified atom stereocenters. The first kappa shape index (κ1) is 37.8. The number of benzene rings is 9. The molecule has 0 saturated carbocycles.